The van der Waals surface area contributed by atoms with Crippen LogP contribution >= 0.6 is 0 Å². The maximum absolute atomic E-state index is 12.1. The quantitative estimate of drug-likeness (QED) is 0.222. The number of phenols is 2. The molecule has 0 spiro atoms. The molecule has 33 heavy (non-hydrogen) atoms. The Labute approximate surface area is 203 Å². The van der Waals surface area contributed by atoms with E-state index in [1.54, 1.807) is 0 Å². The summed E-state index contributed by atoms with van der Waals surface area (Å²) in [7, 11) is 0. The van der Waals surface area contributed by atoms with E-state index in [9.17, 15) is 35.1 Å². The van der Waals surface area contributed by atoms with Crippen LogP contribution in [0.3, 0.4) is 0 Å². The zero-order chi connectivity index (χ0) is 24.3. The van der Waals surface area contributed by atoms with Crippen LogP contribution in [0.15, 0.2) is 48.6 Å². The van der Waals surface area contributed by atoms with Crippen LogP contribution in [-0.4, -0.2) is 10.2 Å². The van der Waals surface area contributed by atoms with Crippen molar-refractivity contribution in [2.75, 3.05) is 0 Å². The van der Waals surface area contributed by atoms with Crippen molar-refractivity contribution in [1.29, 1.82) is 0 Å². The number of rotatable bonds is 0. The summed E-state index contributed by atoms with van der Waals surface area (Å²) >= 11 is 0. The molecule has 0 heterocycles. The van der Waals surface area contributed by atoms with Gasteiger partial charge in [-0.2, -0.15) is 29.7 Å². The molecule has 11 heteroatoms. The van der Waals surface area contributed by atoms with Crippen molar-refractivity contribution in [3.8, 4) is 11.5 Å². The average Bonchev–Trinajstić information content (AvgIpc) is 3.53. The largest absolute Gasteiger partial charge is 2.00 e. The summed E-state index contributed by atoms with van der Waals surface area (Å²) < 4.78 is 96.9. The molecule has 2 nitrogen and oxygen atoms in total. The van der Waals surface area contributed by atoms with Crippen molar-refractivity contribution in [3.63, 3.8) is 0 Å². The van der Waals surface area contributed by atoms with Crippen LogP contribution in [-0.2, 0) is 26.2 Å². The van der Waals surface area contributed by atoms with Gasteiger partial charge in [-0.1, -0.05) is 0 Å². The Balaban J connectivity index is 0.000000434. The number of halogens is 8. The third kappa shape index (κ3) is 9.78. The topological polar surface area (TPSA) is 40.5 Å². The Morgan fingerprint density at radius 2 is 0.818 bits per heavy atom. The van der Waals surface area contributed by atoms with E-state index in [0.29, 0.717) is 0 Å². The molecule has 0 saturated heterocycles. The summed E-state index contributed by atoms with van der Waals surface area (Å²) in [5.41, 5.74) is 0. The predicted molar refractivity (Wildman–Crippen MR) is 99.0 cm³/mol. The molecule has 0 atom stereocenters. The van der Waals surface area contributed by atoms with Gasteiger partial charge in [0, 0.05) is 12.1 Å². The van der Waals surface area contributed by atoms with Crippen LogP contribution in [0.1, 0.15) is 12.8 Å². The summed E-state index contributed by atoms with van der Waals surface area (Å²) in [5, 5.41) is 16.7. The minimum absolute atomic E-state index is 0. The molecule has 2 aliphatic rings. The molecule has 0 bridgehead atoms. The van der Waals surface area contributed by atoms with E-state index in [2.05, 4.69) is 24.3 Å². The number of hydrogen-bond donors (Lipinski definition) is 2. The zero-order valence-electron chi connectivity index (χ0n) is 16.5. The van der Waals surface area contributed by atoms with Crippen LogP contribution < -0.4 is 0 Å². The van der Waals surface area contributed by atoms with Gasteiger partial charge in [0.05, 0.1) is 0 Å². The first-order chi connectivity index (χ1) is 15.1. The molecule has 4 rings (SSSR count). The zero-order valence-corrected chi connectivity index (χ0v) is 18.9. The number of phenolic OH excluding ortho intramolecular Hbond substituents is 2. The minimum Gasteiger partial charge on any atom is -0.503 e. The van der Waals surface area contributed by atoms with Crippen LogP contribution in [0.5, 0.6) is 11.5 Å². The Bertz CT molecular complexity index is 894. The van der Waals surface area contributed by atoms with Crippen molar-refractivity contribution >= 4 is 0 Å². The van der Waals surface area contributed by atoms with Crippen LogP contribution in [0, 0.1) is 58.7 Å². The van der Waals surface area contributed by atoms with Gasteiger partial charge in [-0.05, 0) is 0 Å². The molecule has 0 fully saturated rings. The second kappa shape index (κ2) is 15.2. The Kier molecular flexibility index (Phi) is 14.0. The standard InChI is InChI=1S/2C6H2F4O.2C5H5.Zr/c2*7-2-1-3(8)5(10)6(11)4(2)9;2*1-2-4-5-3-1;/h2*1,11H;2*1-3H,4H2;/q;;2*-1;+2. The van der Waals surface area contributed by atoms with Crippen molar-refractivity contribution in [1.82, 2.24) is 0 Å². The summed E-state index contributed by atoms with van der Waals surface area (Å²) in [6.45, 7) is 0. The van der Waals surface area contributed by atoms with Gasteiger partial charge in [0.1, 0.15) is 0 Å². The molecule has 2 aromatic carbocycles. The van der Waals surface area contributed by atoms with Crippen LogP contribution in [0.25, 0.3) is 0 Å². The molecular formula is C22H14F8O2Zr. The van der Waals surface area contributed by atoms with Crippen molar-refractivity contribution < 1.29 is 71.5 Å². The first kappa shape index (κ1) is 30.3. The summed E-state index contributed by atoms with van der Waals surface area (Å²) in [6.07, 6.45) is 20.0. The Morgan fingerprint density at radius 3 is 0.970 bits per heavy atom. The molecule has 0 aliphatic heterocycles. The van der Waals surface area contributed by atoms with E-state index in [0.717, 1.165) is 12.8 Å². The smallest absolute Gasteiger partial charge is 0.503 e. The number of allylic oxidation sites excluding steroid dienone is 8. The molecule has 0 radical (unpaired) electrons. The van der Waals surface area contributed by atoms with Gasteiger partial charge in [0.25, 0.3) is 0 Å². The molecule has 174 valence electrons. The van der Waals surface area contributed by atoms with E-state index in [-0.39, 0.29) is 38.3 Å². The minimum atomic E-state index is -1.79. The number of aromatic hydroxyl groups is 2. The molecule has 0 amide bonds. The van der Waals surface area contributed by atoms with Crippen molar-refractivity contribution in [2.24, 2.45) is 0 Å². The van der Waals surface area contributed by atoms with Crippen LogP contribution in [0.4, 0.5) is 35.1 Å². The van der Waals surface area contributed by atoms with Crippen LogP contribution in [0.2, 0.25) is 0 Å². The van der Waals surface area contributed by atoms with E-state index >= 15 is 0 Å². The second-order valence-electron chi connectivity index (χ2n) is 5.64. The van der Waals surface area contributed by atoms with Crippen molar-refractivity contribution in [2.45, 2.75) is 12.8 Å². The van der Waals surface area contributed by atoms with E-state index in [1.165, 1.54) is 0 Å². The Hall–Kier alpha value is -2.68. The van der Waals surface area contributed by atoms with E-state index < -0.39 is 58.0 Å². The van der Waals surface area contributed by atoms with Crippen molar-refractivity contribution in [3.05, 3.63) is 107 Å². The molecule has 2 aromatic rings. The summed E-state index contributed by atoms with van der Waals surface area (Å²) in [4.78, 5) is 0. The fourth-order valence-corrected chi connectivity index (χ4v) is 1.80. The fraction of sp³-hybridized carbons (Fsp3) is 0.0909. The van der Waals surface area contributed by atoms with Gasteiger partial charge in [-0.3, -0.25) is 12.2 Å². The number of hydrogen-bond acceptors (Lipinski definition) is 2. The third-order valence-electron chi connectivity index (χ3n) is 3.35. The molecule has 0 saturated carbocycles. The predicted octanol–water partition coefficient (Wildman–Crippen LogP) is 6.51. The third-order valence-corrected chi connectivity index (χ3v) is 3.35. The average molecular weight is 554 g/mol. The van der Waals surface area contributed by atoms with Gasteiger partial charge in [0.2, 0.25) is 23.3 Å². The van der Waals surface area contributed by atoms with Gasteiger partial charge < -0.3 is 10.2 Å². The van der Waals surface area contributed by atoms with Gasteiger partial charge >= 0.3 is 26.2 Å². The SMILES string of the molecule is Oc1c(F)c(F)cc(F)c1F.Oc1c(F)c(F)cc(F)c1F.[C-]1=CC=CC1.[C-]1=CC=CC1.[Zr+2]. The fourth-order valence-electron chi connectivity index (χ4n) is 1.80. The van der Waals surface area contributed by atoms with Gasteiger partial charge in [0.15, 0.2) is 34.8 Å². The molecule has 0 aromatic heterocycles. The first-order valence-corrected chi connectivity index (χ1v) is 8.55. The van der Waals surface area contributed by atoms with Gasteiger partial charge in [-0.25, -0.2) is 41.9 Å². The summed E-state index contributed by atoms with van der Waals surface area (Å²) in [6, 6.07) is 0.0365. The Morgan fingerprint density at radius 1 is 0.545 bits per heavy atom. The molecular weight excluding hydrogens is 539 g/mol. The summed E-state index contributed by atoms with van der Waals surface area (Å²) in [5.74, 6) is -16.9. The normalized spacial score (nSPS) is 12.1. The number of benzene rings is 2. The molecule has 2 N–H and O–H groups in total. The van der Waals surface area contributed by atoms with E-state index in [1.807, 2.05) is 24.3 Å². The monoisotopic (exact) mass is 552 g/mol. The second-order valence-corrected chi connectivity index (χ2v) is 5.64. The molecule has 2 aliphatic carbocycles. The maximum atomic E-state index is 12.1. The maximum Gasteiger partial charge on any atom is 2.00 e. The van der Waals surface area contributed by atoms with E-state index in [4.69, 9.17) is 10.2 Å². The molecule has 0 unspecified atom stereocenters. The first-order valence-electron chi connectivity index (χ1n) is 8.55. The van der Waals surface area contributed by atoms with Gasteiger partial charge in [-0.15, -0.1) is 12.8 Å².